The summed E-state index contributed by atoms with van der Waals surface area (Å²) in [6, 6.07) is 0. The van der Waals surface area contributed by atoms with Gasteiger partial charge < -0.3 is 5.11 Å². The first-order chi connectivity index (χ1) is 5.08. The van der Waals surface area contributed by atoms with Crippen LogP contribution in [-0.4, -0.2) is 11.7 Å². The Morgan fingerprint density at radius 1 is 1.45 bits per heavy atom. The second-order valence-corrected chi connectivity index (χ2v) is 4.25. The fraction of sp³-hybridized carbons (Fsp3) is 0.556. The first-order valence-electron chi connectivity index (χ1n) is 3.72. The molecule has 0 spiro atoms. The lowest BCUT2D eigenvalue weighted by Gasteiger charge is -2.21. The van der Waals surface area contributed by atoms with E-state index in [9.17, 15) is 0 Å². The van der Waals surface area contributed by atoms with E-state index in [0.717, 1.165) is 0 Å². The molecule has 0 unspecified atom stereocenters. The van der Waals surface area contributed by atoms with E-state index in [2.05, 4.69) is 31.5 Å². The zero-order valence-corrected chi connectivity index (χ0v) is 8.03. The van der Waals surface area contributed by atoms with Crippen LogP contribution in [-0.2, 0) is 5.41 Å². The van der Waals surface area contributed by atoms with Crippen molar-refractivity contribution in [1.29, 1.82) is 0 Å². The van der Waals surface area contributed by atoms with E-state index >= 15 is 0 Å². The second kappa shape index (κ2) is 2.95. The zero-order valence-electron chi connectivity index (χ0n) is 7.22. The number of hydrogen-bond donors (Lipinski definition) is 1. The Balaban J connectivity index is 3.00. The van der Waals surface area contributed by atoms with Crippen LogP contribution in [0.2, 0.25) is 0 Å². The Labute approximate surface area is 71.7 Å². The van der Waals surface area contributed by atoms with Gasteiger partial charge in [0.05, 0.1) is 6.61 Å². The molecule has 0 aliphatic rings. The van der Waals surface area contributed by atoms with E-state index in [-0.39, 0.29) is 12.0 Å². The molecule has 1 aromatic heterocycles. The van der Waals surface area contributed by atoms with Crippen molar-refractivity contribution in [2.24, 2.45) is 0 Å². The van der Waals surface area contributed by atoms with Gasteiger partial charge in [-0.3, -0.25) is 0 Å². The first-order valence-corrected chi connectivity index (χ1v) is 4.66. The number of thiophene rings is 1. The summed E-state index contributed by atoms with van der Waals surface area (Å²) in [5.41, 5.74) is 2.48. The van der Waals surface area contributed by atoms with Gasteiger partial charge in [0.25, 0.3) is 0 Å². The minimum absolute atomic E-state index is 0.0793. The van der Waals surface area contributed by atoms with Crippen LogP contribution in [0.15, 0.2) is 10.8 Å². The van der Waals surface area contributed by atoms with Crippen molar-refractivity contribution in [3.8, 4) is 0 Å². The van der Waals surface area contributed by atoms with Crippen LogP contribution in [0, 0.1) is 6.92 Å². The zero-order chi connectivity index (χ0) is 8.48. The van der Waals surface area contributed by atoms with Gasteiger partial charge in [0, 0.05) is 5.41 Å². The Bertz CT molecular complexity index is 237. The summed E-state index contributed by atoms with van der Waals surface area (Å²) in [7, 11) is 0. The number of rotatable bonds is 2. The molecule has 1 aromatic rings. The summed E-state index contributed by atoms with van der Waals surface area (Å²) in [5, 5.41) is 13.3. The number of aliphatic hydroxyl groups is 1. The minimum atomic E-state index is -0.0793. The third kappa shape index (κ3) is 1.63. The maximum atomic E-state index is 9.09. The lowest BCUT2D eigenvalue weighted by molar-refractivity contribution is 0.218. The minimum Gasteiger partial charge on any atom is -0.395 e. The summed E-state index contributed by atoms with van der Waals surface area (Å²) < 4.78 is 0. The molecule has 1 heterocycles. The highest BCUT2D eigenvalue weighted by Crippen LogP contribution is 2.28. The van der Waals surface area contributed by atoms with Crippen LogP contribution in [0.1, 0.15) is 25.0 Å². The molecular formula is C9H14OS. The summed E-state index contributed by atoms with van der Waals surface area (Å²) >= 11 is 1.70. The lowest BCUT2D eigenvalue weighted by Crippen LogP contribution is -2.22. The maximum Gasteiger partial charge on any atom is 0.0522 e. The van der Waals surface area contributed by atoms with Crippen LogP contribution < -0.4 is 0 Å². The summed E-state index contributed by atoms with van der Waals surface area (Å²) in [5.74, 6) is 0. The topological polar surface area (TPSA) is 20.2 Å². The first kappa shape index (κ1) is 8.75. The molecule has 0 saturated carbocycles. The summed E-state index contributed by atoms with van der Waals surface area (Å²) in [6.07, 6.45) is 0. The lowest BCUT2D eigenvalue weighted by atomic mass is 9.85. The van der Waals surface area contributed by atoms with Crippen molar-refractivity contribution >= 4 is 11.3 Å². The van der Waals surface area contributed by atoms with Crippen LogP contribution in [0.3, 0.4) is 0 Å². The predicted molar refractivity (Wildman–Crippen MR) is 49.2 cm³/mol. The number of hydrogen-bond acceptors (Lipinski definition) is 2. The van der Waals surface area contributed by atoms with Crippen molar-refractivity contribution in [3.05, 3.63) is 21.9 Å². The van der Waals surface area contributed by atoms with E-state index < -0.39 is 0 Å². The van der Waals surface area contributed by atoms with Crippen LogP contribution in [0.25, 0.3) is 0 Å². The molecular weight excluding hydrogens is 156 g/mol. The Kier molecular flexibility index (Phi) is 2.35. The van der Waals surface area contributed by atoms with Crippen molar-refractivity contribution < 1.29 is 5.11 Å². The quantitative estimate of drug-likeness (QED) is 0.722. The second-order valence-electron chi connectivity index (χ2n) is 3.51. The maximum absolute atomic E-state index is 9.09. The third-order valence-corrected chi connectivity index (χ3v) is 2.84. The van der Waals surface area contributed by atoms with Crippen molar-refractivity contribution in [1.82, 2.24) is 0 Å². The van der Waals surface area contributed by atoms with E-state index in [1.807, 2.05) is 0 Å². The molecule has 0 amide bonds. The molecule has 0 saturated heterocycles. The molecule has 0 aliphatic carbocycles. The molecule has 0 aliphatic heterocycles. The van der Waals surface area contributed by atoms with Crippen molar-refractivity contribution in [3.63, 3.8) is 0 Å². The van der Waals surface area contributed by atoms with E-state index in [1.165, 1.54) is 11.1 Å². The average Bonchev–Trinajstić information content (AvgIpc) is 2.36. The van der Waals surface area contributed by atoms with Crippen molar-refractivity contribution in [2.45, 2.75) is 26.2 Å². The molecule has 0 aromatic carbocycles. The van der Waals surface area contributed by atoms with Gasteiger partial charge in [-0.1, -0.05) is 13.8 Å². The Morgan fingerprint density at radius 3 is 2.45 bits per heavy atom. The van der Waals surface area contributed by atoms with Crippen LogP contribution in [0.5, 0.6) is 0 Å². The molecule has 0 radical (unpaired) electrons. The monoisotopic (exact) mass is 170 g/mol. The van der Waals surface area contributed by atoms with Gasteiger partial charge in [0.15, 0.2) is 0 Å². The molecule has 62 valence electrons. The van der Waals surface area contributed by atoms with Gasteiger partial charge in [-0.15, -0.1) is 0 Å². The van der Waals surface area contributed by atoms with E-state index in [4.69, 9.17) is 5.11 Å². The molecule has 1 nitrogen and oxygen atoms in total. The van der Waals surface area contributed by atoms with E-state index in [0.29, 0.717) is 0 Å². The van der Waals surface area contributed by atoms with Gasteiger partial charge in [-0.05, 0) is 28.8 Å². The standard InChI is InChI=1S/C9H14OS/c1-7-4-11-5-8(7)9(2,3)6-10/h4-5,10H,6H2,1-3H3. The molecule has 0 bridgehead atoms. The normalized spacial score (nSPS) is 12.0. The SMILES string of the molecule is Cc1cscc1C(C)(C)CO. The van der Waals surface area contributed by atoms with Gasteiger partial charge >= 0.3 is 0 Å². The molecule has 2 heteroatoms. The van der Waals surface area contributed by atoms with Gasteiger partial charge in [0.2, 0.25) is 0 Å². The largest absolute Gasteiger partial charge is 0.395 e. The number of aryl methyl sites for hydroxylation is 1. The predicted octanol–water partition coefficient (Wildman–Crippen LogP) is 2.33. The van der Waals surface area contributed by atoms with Crippen LogP contribution >= 0.6 is 11.3 Å². The summed E-state index contributed by atoms with van der Waals surface area (Å²) in [4.78, 5) is 0. The summed E-state index contributed by atoms with van der Waals surface area (Å²) in [6.45, 7) is 6.41. The van der Waals surface area contributed by atoms with Gasteiger partial charge in [0.1, 0.15) is 0 Å². The Morgan fingerprint density at radius 2 is 2.09 bits per heavy atom. The fourth-order valence-electron chi connectivity index (χ4n) is 1.14. The molecule has 0 fully saturated rings. The smallest absolute Gasteiger partial charge is 0.0522 e. The molecule has 0 atom stereocenters. The average molecular weight is 170 g/mol. The number of aliphatic hydroxyl groups excluding tert-OH is 1. The highest BCUT2D eigenvalue weighted by atomic mass is 32.1. The molecule has 1 N–H and O–H groups in total. The van der Waals surface area contributed by atoms with Crippen molar-refractivity contribution in [2.75, 3.05) is 6.61 Å². The highest BCUT2D eigenvalue weighted by molar-refractivity contribution is 7.08. The van der Waals surface area contributed by atoms with Crippen LogP contribution in [0.4, 0.5) is 0 Å². The third-order valence-electron chi connectivity index (χ3n) is 1.98. The van der Waals surface area contributed by atoms with E-state index in [1.54, 1.807) is 11.3 Å². The molecule has 11 heavy (non-hydrogen) atoms. The molecule has 1 rings (SSSR count). The fourth-order valence-corrected chi connectivity index (χ4v) is 2.18. The Hall–Kier alpha value is -0.340. The van der Waals surface area contributed by atoms with Gasteiger partial charge in [-0.25, -0.2) is 0 Å². The highest BCUT2D eigenvalue weighted by Gasteiger charge is 2.21. The van der Waals surface area contributed by atoms with Gasteiger partial charge in [-0.2, -0.15) is 11.3 Å².